The van der Waals surface area contributed by atoms with E-state index < -0.39 is 6.19 Å². The van der Waals surface area contributed by atoms with E-state index in [1.807, 2.05) is 0 Å². The largest absolute Gasteiger partial charge is 0.288 e. The molecule has 1 N–H and O–H groups in total. The molecule has 0 aliphatic carbocycles. The summed E-state index contributed by atoms with van der Waals surface area (Å²) in [7, 11) is 0. The van der Waals surface area contributed by atoms with Crippen molar-refractivity contribution >= 4 is 18.0 Å². The first-order chi connectivity index (χ1) is 8.72. The fourth-order valence-electron chi connectivity index (χ4n) is 3.64. The van der Waals surface area contributed by atoms with Gasteiger partial charge in [0.15, 0.2) is 0 Å². The lowest BCUT2D eigenvalue weighted by molar-refractivity contribution is 0.296. The van der Waals surface area contributed by atoms with Crippen LogP contribution in [-0.2, 0) is 11.8 Å². The van der Waals surface area contributed by atoms with Crippen LogP contribution in [0.4, 0.5) is 0 Å². The van der Waals surface area contributed by atoms with Gasteiger partial charge in [0.1, 0.15) is 0 Å². The maximum Gasteiger partial charge on any atom is 0.0238 e. The Morgan fingerprint density at radius 3 is 1.95 bits per heavy atom. The zero-order valence-electron chi connectivity index (χ0n) is 13.9. The monoisotopic (exact) mass is 303 g/mol. The van der Waals surface area contributed by atoms with Crippen molar-refractivity contribution in [1.29, 1.82) is 0 Å². The van der Waals surface area contributed by atoms with Crippen molar-refractivity contribution in [1.82, 2.24) is 5.09 Å². The third-order valence-electron chi connectivity index (χ3n) is 5.61. The molecule has 3 heteroatoms. The molecule has 1 heterocycles. The number of rotatable bonds is 8. The molecule has 0 amide bonds. The normalized spacial score (nSPS) is 32.0. The lowest BCUT2D eigenvalue weighted by atomic mass is 9.83. The highest BCUT2D eigenvalue weighted by molar-refractivity contribution is 8.15. The van der Waals surface area contributed by atoms with E-state index in [2.05, 4.69) is 46.6 Å². The molecule has 0 saturated carbocycles. The Balaban J connectivity index is 2.34. The average Bonchev–Trinajstić information content (AvgIpc) is 2.35. The highest BCUT2D eigenvalue weighted by Crippen LogP contribution is 2.79. The van der Waals surface area contributed by atoms with E-state index >= 15 is 0 Å². The summed E-state index contributed by atoms with van der Waals surface area (Å²) < 4.78 is 0. The van der Waals surface area contributed by atoms with E-state index in [-0.39, 0.29) is 0 Å². The second kappa shape index (κ2) is 6.58. The van der Waals surface area contributed by atoms with Crippen LogP contribution in [0.15, 0.2) is 0 Å². The van der Waals surface area contributed by atoms with Crippen LogP contribution in [0.3, 0.4) is 0 Å². The molecule has 1 aliphatic rings. The van der Waals surface area contributed by atoms with Gasteiger partial charge in [0, 0.05) is 16.5 Å². The molecule has 0 spiro atoms. The fraction of sp³-hybridized carbons (Fsp3) is 1.00. The van der Waals surface area contributed by atoms with Crippen LogP contribution >= 0.6 is 6.19 Å². The summed E-state index contributed by atoms with van der Waals surface area (Å²) in [5.41, 5.74) is 0. The van der Waals surface area contributed by atoms with Crippen LogP contribution in [0.2, 0.25) is 0 Å². The maximum atomic E-state index is 6.10. The summed E-state index contributed by atoms with van der Waals surface area (Å²) in [5, 5.41) is 4.48. The lowest BCUT2D eigenvalue weighted by Gasteiger charge is -2.66. The summed E-state index contributed by atoms with van der Waals surface area (Å²) in [6, 6.07) is 0. The minimum Gasteiger partial charge on any atom is -0.288 e. The summed E-state index contributed by atoms with van der Waals surface area (Å²) >= 11 is 6.10. The zero-order chi connectivity index (χ0) is 14.7. The molecule has 0 unspecified atom stereocenters. The molecule has 1 aliphatic heterocycles. The topological polar surface area (TPSA) is 12.0 Å². The Hall–Kier alpha value is 0.610. The van der Waals surface area contributed by atoms with E-state index in [1.165, 1.54) is 38.5 Å². The van der Waals surface area contributed by atoms with Gasteiger partial charge in [0.05, 0.1) is 0 Å². The van der Waals surface area contributed by atoms with Crippen molar-refractivity contribution in [2.45, 2.75) is 90.4 Å². The van der Waals surface area contributed by atoms with Gasteiger partial charge in [0.25, 0.3) is 0 Å². The van der Waals surface area contributed by atoms with Crippen molar-refractivity contribution < 1.29 is 0 Å². The summed E-state index contributed by atoms with van der Waals surface area (Å²) in [6.07, 6.45) is 6.74. The van der Waals surface area contributed by atoms with Gasteiger partial charge < -0.3 is 0 Å². The molecule has 0 bridgehead atoms. The predicted octanol–water partition coefficient (Wildman–Crippen LogP) is 5.54. The first-order valence-electron chi connectivity index (χ1n) is 8.07. The van der Waals surface area contributed by atoms with Gasteiger partial charge in [-0.2, -0.15) is 0 Å². The van der Waals surface area contributed by atoms with Crippen molar-refractivity contribution in [2.24, 2.45) is 5.92 Å². The SMILES string of the molecule is CCCCCCCCNP1(=S)C(C)(C)C(C)C1(C)C. The Labute approximate surface area is 126 Å². The van der Waals surface area contributed by atoms with Crippen molar-refractivity contribution in [2.75, 3.05) is 6.54 Å². The Bertz CT molecular complexity index is 316. The Morgan fingerprint density at radius 1 is 0.947 bits per heavy atom. The zero-order valence-corrected chi connectivity index (χ0v) is 15.6. The van der Waals surface area contributed by atoms with E-state index in [0.717, 1.165) is 12.5 Å². The molecular formula is C16H34NPS. The summed E-state index contributed by atoms with van der Waals surface area (Å²) in [4.78, 5) is 0. The second-order valence-electron chi connectivity index (χ2n) is 7.31. The van der Waals surface area contributed by atoms with Crippen LogP contribution < -0.4 is 5.09 Å². The van der Waals surface area contributed by atoms with Crippen LogP contribution in [0.1, 0.15) is 80.1 Å². The van der Waals surface area contributed by atoms with E-state index in [4.69, 9.17) is 11.8 Å². The summed E-state index contributed by atoms with van der Waals surface area (Å²) in [6.45, 7) is 15.3. The molecule has 1 saturated heterocycles. The van der Waals surface area contributed by atoms with Crippen LogP contribution in [0, 0.1) is 5.92 Å². The van der Waals surface area contributed by atoms with Gasteiger partial charge in [0.2, 0.25) is 0 Å². The number of hydrogen-bond donors (Lipinski definition) is 1. The Morgan fingerprint density at radius 2 is 1.42 bits per heavy atom. The van der Waals surface area contributed by atoms with Gasteiger partial charge in [-0.25, -0.2) is 0 Å². The molecule has 0 aromatic carbocycles. The molecule has 0 radical (unpaired) electrons. The molecule has 0 aromatic heterocycles. The first kappa shape index (κ1) is 17.7. The number of nitrogens with one attached hydrogen (secondary N) is 1. The maximum absolute atomic E-state index is 6.10. The van der Waals surface area contributed by atoms with E-state index in [1.54, 1.807) is 0 Å². The third-order valence-corrected chi connectivity index (χ3v) is 13.5. The average molecular weight is 303 g/mol. The molecule has 19 heavy (non-hydrogen) atoms. The Kier molecular flexibility index (Phi) is 6.12. The van der Waals surface area contributed by atoms with Crippen LogP contribution in [0.5, 0.6) is 0 Å². The van der Waals surface area contributed by atoms with Gasteiger partial charge >= 0.3 is 0 Å². The highest BCUT2D eigenvalue weighted by atomic mass is 32.4. The summed E-state index contributed by atoms with van der Waals surface area (Å²) in [5.74, 6) is 0.725. The van der Waals surface area contributed by atoms with Gasteiger partial charge in [-0.3, -0.25) is 5.09 Å². The van der Waals surface area contributed by atoms with E-state index in [0.29, 0.717) is 10.3 Å². The first-order valence-corrected chi connectivity index (χ1v) is 10.9. The lowest BCUT2D eigenvalue weighted by Crippen LogP contribution is -2.60. The minimum absolute atomic E-state index is 0.327. The molecule has 0 atom stereocenters. The minimum atomic E-state index is -1.43. The van der Waals surface area contributed by atoms with Crippen molar-refractivity contribution in [3.05, 3.63) is 0 Å². The smallest absolute Gasteiger partial charge is 0.0238 e. The fourth-order valence-corrected chi connectivity index (χ4v) is 9.16. The highest BCUT2D eigenvalue weighted by Gasteiger charge is 2.63. The molecule has 1 nitrogen and oxygen atoms in total. The van der Waals surface area contributed by atoms with Crippen molar-refractivity contribution in [3.8, 4) is 0 Å². The second-order valence-corrected chi connectivity index (χ2v) is 12.8. The molecular weight excluding hydrogens is 269 g/mol. The molecule has 0 aromatic rings. The third kappa shape index (κ3) is 3.11. The predicted molar refractivity (Wildman–Crippen MR) is 93.0 cm³/mol. The number of hydrogen-bond acceptors (Lipinski definition) is 1. The molecule has 114 valence electrons. The molecule has 1 rings (SSSR count). The standard InChI is InChI=1S/C16H34NPS/c1-7-8-9-10-11-12-13-17-18(19)15(3,4)14(2)16(18,5)6/h14H,7-13H2,1-6H3,(H,17,19). The van der Waals surface area contributed by atoms with Gasteiger partial charge in [-0.1, -0.05) is 85.5 Å². The quantitative estimate of drug-likeness (QED) is 0.467. The molecule has 1 fully saturated rings. The van der Waals surface area contributed by atoms with Crippen LogP contribution in [0.25, 0.3) is 0 Å². The van der Waals surface area contributed by atoms with E-state index in [9.17, 15) is 0 Å². The van der Waals surface area contributed by atoms with Crippen molar-refractivity contribution in [3.63, 3.8) is 0 Å². The van der Waals surface area contributed by atoms with Gasteiger partial charge in [-0.15, -0.1) is 0 Å². The number of unbranched alkanes of at least 4 members (excludes halogenated alkanes) is 5. The van der Waals surface area contributed by atoms with Crippen LogP contribution in [-0.4, -0.2) is 16.9 Å². The van der Waals surface area contributed by atoms with Gasteiger partial charge in [-0.05, 0) is 18.9 Å².